The van der Waals surface area contributed by atoms with Crippen LogP contribution in [0.15, 0.2) is 48.8 Å². The smallest absolute Gasteiger partial charge is 0.0594 e. The number of benzene rings is 1. The number of aromatic nitrogens is 1. The van der Waals surface area contributed by atoms with E-state index in [0.717, 1.165) is 45.8 Å². The third kappa shape index (κ3) is 4.78. The second-order valence-electron chi connectivity index (χ2n) is 6.08. The first-order chi connectivity index (χ1) is 11.3. The van der Waals surface area contributed by atoms with Crippen molar-refractivity contribution in [3.8, 4) is 0 Å². The Morgan fingerprint density at radius 1 is 1.00 bits per heavy atom. The molecule has 0 unspecified atom stereocenters. The molecule has 2 aromatic rings. The second kappa shape index (κ2) is 8.09. The number of ether oxygens (including phenoxy) is 1. The first-order valence-electron chi connectivity index (χ1n) is 8.30. The van der Waals surface area contributed by atoms with Crippen molar-refractivity contribution in [2.24, 2.45) is 0 Å². The molecular weight excluding hydrogens is 286 g/mol. The van der Waals surface area contributed by atoms with Crippen LogP contribution in [-0.2, 0) is 17.7 Å². The highest BCUT2D eigenvalue weighted by molar-refractivity contribution is 5.47. The van der Waals surface area contributed by atoms with E-state index in [9.17, 15) is 0 Å². The average molecular weight is 311 g/mol. The van der Waals surface area contributed by atoms with Gasteiger partial charge in [-0.15, -0.1) is 0 Å². The minimum absolute atomic E-state index is 0.857. The van der Waals surface area contributed by atoms with Gasteiger partial charge in [0.05, 0.1) is 13.2 Å². The molecule has 0 saturated carbocycles. The summed E-state index contributed by atoms with van der Waals surface area (Å²) in [5.41, 5.74) is 3.97. The first-order valence-corrected chi connectivity index (χ1v) is 8.30. The Morgan fingerprint density at radius 3 is 2.39 bits per heavy atom. The molecule has 0 spiro atoms. The molecule has 1 aliphatic rings. The normalized spacial score (nSPS) is 15.5. The van der Waals surface area contributed by atoms with Crippen LogP contribution in [0.3, 0.4) is 0 Å². The van der Waals surface area contributed by atoms with Crippen LogP contribution >= 0.6 is 0 Å². The first kappa shape index (κ1) is 16.0. The quantitative estimate of drug-likeness (QED) is 0.820. The Labute approximate surface area is 138 Å². The molecule has 1 aromatic carbocycles. The predicted molar refractivity (Wildman–Crippen MR) is 93.7 cm³/mol. The molecule has 4 heteroatoms. The van der Waals surface area contributed by atoms with Gasteiger partial charge in [-0.25, -0.2) is 0 Å². The number of nitrogens with zero attached hydrogens (tertiary/aromatic N) is 3. The zero-order valence-corrected chi connectivity index (χ0v) is 13.8. The number of anilines is 1. The molecule has 0 radical (unpaired) electrons. The lowest BCUT2D eigenvalue weighted by molar-refractivity contribution is 0.0342. The van der Waals surface area contributed by atoms with Gasteiger partial charge in [0.15, 0.2) is 0 Å². The molecule has 2 heterocycles. The molecule has 0 bridgehead atoms. The van der Waals surface area contributed by atoms with Crippen LogP contribution in [0.25, 0.3) is 0 Å². The minimum Gasteiger partial charge on any atom is -0.379 e. The Balaban J connectivity index is 1.51. The Morgan fingerprint density at radius 2 is 1.70 bits per heavy atom. The summed E-state index contributed by atoms with van der Waals surface area (Å²) in [6, 6.07) is 13.1. The van der Waals surface area contributed by atoms with E-state index in [1.807, 2.05) is 12.4 Å². The Kier molecular flexibility index (Phi) is 5.61. The monoisotopic (exact) mass is 311 g/mol. The van der Waals surface area contributed by atoms with Gasteiger partial charge in [-0.2, -0.15) is 0 Å². The number of pyridine rings is 1. The van der Waals surface area contributed by atoms with Crippen LogP contribution in [-0.4, -0.2) is 49.8 Å². The zero-order valence-electron chi connectivity index (χ0n) is 13.8. The minimum atomic E-state index is 0.857. The molecule has 0 atom stereocenters. The summed E-state index contributed by atoms with van der Waals surface area (Å²) in [5, 5.41) is 0. The zero-order chi connectivity index (χ0) is 15.9. The summed E-state index contributed by atoms with van der Waals surface area (Å²) < 4.78 is 5.40. The Hall–Kier alpha value is -1.91. The number of rotatable bonds is 6. The summed E-state index contributed by atoms with van der Waals surface area (Å²) in [5.74, 6) is 0. The standard InChI is InChI=1S/C19H25N3O/c1-21(11-8-17-6-9-20-10-7-17)19-4-2-18(3-5-19)16-22-12-14-23-15-13-22/h2-7,9-10H,8,11-16H2,1H3. The molecule has 1 aromatic heterocycles. The summed E-state index contributed by atoms with van der Waals surface area (Å²) in [7, 11) is 2.15. The highest BCUT2D eigenvalue weighted by atomic mass is 16.5. The maximum Gasteiger partial charge on any atom is 0.0594 e. The molecule has 0 amide bonds. The average Bonchev–Trinajstić information content (AvgIpc) is 2.62. The van der Waals surface area contributed by atoms with Gasteiger partial charge in [-0.3, -0.25) is 9.88 Å². The maximum atomic E-state index is 5.40. The molecule has 3 rings (SSSR count). The molecule has 4 nitrogen and oxygen atoms in total. The molecule has 23 heavy (non-hydrogen) atoms. The molecule has 122 valence electrons. The molecule has 1 aliphatic heterocycles. The lowest BCUT2D eigenvalue weighted by Gasteiger charge is -2.27. The summed E-state index contributed by atoms with van der Waals surface area (Å²) in [6.07, 6.45) is 4.75. The fourth-order valence-electron chi connectivity index (χ4n) is 2.85. The van der Waals surface area contributed by atoms with Gasteiger partial charge >= 0.3 is 0 Å². The third-order valence-electron chi connectivity index (χ3n) is 4.37. The second-order valence-corrected chi connectivity index (χ2v) is 6.08. The van der Waals surface area contributed by atoms with Crippen molar-refractivity contribution < 1.29 is 4.74 Å². The number of likely N-dealkylation sites (N-methyl/N-ethyl adjacent to an activating group) is 1. The molecule has 0 N–H and O–H groups in total. The van der Waals surface area contributed by atoms with Crippen LogP contribution in [0.2, 0.25) is 0 Å². The van der Waals surface area contributed by atoms with Crippen molar-refractivity contribution in [2.75, 3.05) is 44.8 Å². The third-order valence-corrected chi connectivity index (χ3v) is 4.37. The van der Waals surface area contributed by atoms with E-state index >= 15 is 0 Å². The lowest BCUT2D eigenvalue weighted by Crippen LogP contribution is -2.35. The number of morpholine rings is 1. The maximum absolute atomic E-state index is 5.40. The molecule has 1 saturated heterocycles. The van der Waals surface area contributed by atoms with Gasteiger partial charge in [-0.1, -0.05) is 12.1 Å². The van der Waals surface area contributed by atoms with E-state index in [1.165, 1.54) is 16.8 Å². The van der Waals surface area contributed by atoms with Gasteiger partial charge in [0.2, 0.25) is 0 Å². The van der Waals surface area contributed by atoms with Crippen LogP contribution in [0.4, 0.5) is 5.69 Å². The van der Waals surface area contributed by atoms with Gasteiger partial charge in [0.1, 0.15) is 0 Å². The van der Waals surface area contributed by atoms with Gasteiger partial charge in [-0.05, 0) is 41.8 Å². The van der Waals surface area contributed by atoms with Crippen molar-refractivity contribution >= 4 is 5.69 Å². The summed E-state index contributed by atoms with van der Waals surface area (Å²) >= 11 is 0. The van der Waals surface area contributed by atoms with Crippen LogP contribution in [0, 0.1) is 0 Å². The van der Waals surface area contributed by atoms with Crippen LogP contribution in [0.1, 0.15) is 11.1 Å². The van der Waals surface area contributed by atoms with E-state index < -0.39 is 0 Å². The lowest BCUT2D eigenvalue weighted by atomic mass is 10.1. The van der Waals surface area contributed by atoms with Gasteiger partial charge < -0.3 is 9.64 Å². The highest BCUT2D eigenvalue weighted by Gasteiger charge is 2.10. The highest BCUT2D eigenvalue weighted by Crippen LogP contribution is 2.16. The largest absolute Gasteiger partial charge is 0.379 e. The van der Waals surface area contributed by atoms with Gasteiger partial charge in [0.25, 0.3) is 0 Å². The van der Waals surface area contributed by atoms with Crippen molar-refractivity contribution in [2.45, 2.75) is 13.0 Å². The Bertz CT molecular complexity index is 579. The van der Waals surface area contributed by atoms with E-state index in [0.29, 0.717) is 0 Å². The fourth-order valence-corrected chi connectivity index (χ4v) is 2.85. The van der Waals surface area contributed by atoms with Crippen LogP contribution in [0.5, 0.6) is 0 Å². The molecular formula is C19H25N3O. The predicted octanol–water partition coefficient (Wildman–Crippen LogP) is 2.59. The fraction of sp³-hybridized carbons (Fsp3) is 0.421. The van der Waals surface area contributed by atoms with Crippen molar-refractivity contribution in [1.29, 1.82) is 0 Å². The SMILES string of the molecule is CN(CCc1ccncc1)c1ccc(CN2CCOCC2)cc1. The number of hydrogen-bond acceptors (Lipinski definition) is 4. The van der Waals surface area contributed by atoms with Crippen molar-refractivity contribution in [3.63, 3.8) is 0 Å². The summed E-state index contributed by atoms with van der Waals surface area (Å²) in [6.45, 7) is 5.81. The van der Waals surface area contributed by atoms with Crippen molar-refractivity contribution in [3.05, 3.63) is 59.9 Å². The van der Waals surface area contributed by atoms with Crippen molar-refractivity contribution in [1.82, 2.24) is 9.88 Å². The summed E-state index contributed by atoms with van der Waals surface area (Å²) in [4.78, 5) is 8.82. The topological polar surface area (TPSA) is 28.6 Å². The van der Waals surface area contributed by atoms with E-state index in [1.54, 1.807) is 0 Å². The number of hydrogen-bond donors (Lipinski definition) is 0. The van der Waals surface area contributed by atoms with E-state index in [-0.39, 0.29) is 0 Å². The van der Waals surface area contributed by atoms with E-state index in [4.69, 9.17) is 4.74 Å². The molecule has 1 fully saturated rings. The van der Waals surface area contributed by atoms with Crippen LogP contribution < -0.4 is 4.90 Å². The molecule has 0 aliphatic carbocycles. The van der Waals surface area contributed by atoms with Gasteiger partial charge in [0, 0.05) is 51.3 Å². The van der Waals surface area contributed by atoms with E-state index in [2.05, 4.69) is 58.2 Å².